The monoisotopic (exact) mass is 233 g/mol. The number of nitrogens with one attached hydrogen (secondary N) is 1. The second-order valence-corrected chi connectivity index (χ2v) is 3.63. The maximum absolute atomic E-state index is 5.01. The third kappa shape index (κ3) is 3.17. The SMILES string of the molecule is COc1ccnc(NCCn2cc(C)cn2)n1. The third-order valence-corrected chi connectivity index (χ3v) is 2.23. The number of aryl methyl sites for hydroxylation is 1. The predicted octanol–water partition coefficient (Wildman–Crippen LogP) is 1.10. The summed E-state index contributed by atoms with van der Waals surface area (Å²) in [6, 6.07) is 1.71. The minimum Gasteiger partial charge on any atom is -0.481 e. The van der Waals surface area contributed by atoms with Crippen LogP contribution in [0.5, 0.6) is 5.88 Å². The van der Waals surface area contributed by atoms with Crippen LogP contribution in [0.15, 0.2) is 24.7 Å². The zero-order valence-corrected chi connectivity index (χ0v) is 9.92. The van der Waals surface area contributed by atoms with Crippen LogP contribution in [0.2, 0.25) is 0 Å². The first-order valence-corrected chi connectivity index (χ1v) is 5.38. The first kappa shape index (κ1) is 11.4. The van der Waals surface area contributed by atoms with E-state index in [9.17, 15) is 0 Å². The van der Waals surface area contributed by atoms with Gasteiger partial charge in [0.25, 0.3) is 0 Å². The van der Waals surface area contributed by atoms with Gasteiger partial charge in [0.05, 0.1) is 19.9 Å². The minimum atomic E-state index is 0.553. The van der Waals surface area contributed by atoms with E-state index in [0.717, 1.165) is 12.1 Å². The van der Waals surface area contributed by atoms with Gasteiger partial charge in [-0.3, -0.25) is 4.68 Å². The van der Waals surface area contributed by atoms with Crippen molar-refractivity contribution in [2.24, 2.45) is 0 Å². The normalized spacial score (nSPS) is 10.2. The molecule has 0 fully saturated rings. The van der Waals surface area contributed by atoms with Crippen LogP contribution in [-0.4, -0.2) is 33.4 Å². The largest absolute Gasteiger partial charge is 0.481 e. The average molecular weight is 233 g/mol. The standard InChI is InChI=1S/C11H15N5O/c1-9-7-14-16(8-9)6-5-13-11-12-4-3-10(15-11)17-2/h3-4,7-8H,5-6H2,1-2H3,(H,12,13,15). The number of ether oxygens (including phenoxy) is 1. The van der Waals surface area contributed by atoms with Crippen LogP contribution in [0.4, 0.5) is 5.95 Å². The lowest BCUT2D eigenvalue weighted by Gasteiger charge is -2.05. The van der Waals surface area contributed by atoms with Gasteiger partial charge in [-0.25, -0.2) is 4.98 Å². The molecular weight excluding hydrogens is 218 g/mol. The van der Waals surface area contributed by atoms with Crippen molar-refractivity contribution in [3.05, 3.63) is 30.2 Å². The number of anilines is 1. The molecule has 1 N–H and O–H groups in total. The van der Waals surface area contributed by atoms with E-state index in [1.165, 1.54) is 0 Å². The highest BCUT2D eigenvalue weighted by molar-refractivity contribution is 5.27. The van der Waals surface area contributed by atoms with Crippen molar-refractivity contribution in [1.82, 2.24) is 19.7 Å². The van der Waals surface area contributed by atoms with Crippen molar-refractivity contribution in [2.75, 3.05) is 19.0 Å². The van der Waals surface area contributed by atoms with Crippen LogP contribution in [0.3, 0.4) is 0 Å². The molecule has 17 heavy (non-hydrogen) atoms. The molecule has 0 amide bonds. The zero-order chi connectivity index (χ0) is 12.1. The average Bonchev–Trinajstić information content (AvgIpc) is 2.75. The lowest BCUT2D eigenvalue weighted by Crippen LogP contribution is -2.12. The van der Waals surface area contributed by atoms with Crippen LogP contribution >= 0.6 is 0 Å². The van der Waals surface area contributed by atoms with Crippen molar-refractivity contribution in [1.29, 1.82) is 0 Å². The molecule has 6 heteroatoms. The Bertz CT molecular complexity index is 482. The Morgan fingerprint density at radius 3 is 3.06 bits per heavy atom. The molecule has 2 heterocycles. The van der Waals surface area contributed by atoms with Gasteiger partial charge in [-0.1, -0.05) is 0 Å². The number of hydrogen-bond acceptors (Lipinski definition) is 5. The number of hydrogen-bond donors (Lipinski definition) is 1. The van der Waals surface area contributed by atoms with E-state index in [4.69, 9.17) is 4.74 Å². The summed E-state index contributed by atoms with van der Waals surface area (Å²) in [5, 5.41) is 7.31. The van der Waals surface area contributed by atoms with Gasteiger partial charge in [-0.15, -0.1) is 0 Å². The van der Waals surface area contributed by atoms with E-state index in [1.807, 2.05) is 24.0 Å². The first-order valence-electron chi connectivity index (χ1n) is 5.38. The fourth-order valence-corrected chi connectivity index (χ4v) is 1.41. The molecule has 0 radical (unpaired) electrons. The molecule has 0 saturated heterocycles. The smallest absolute Gasteiger partial charge is 0.226 e. The molecule has 0 spiro atoms. The van der Waals surface area contributed by atoms with Crippen LogP contribution in [0, 0.1) is 6.92 Å². The van der Waals surface area contributed by atoms with Crippen molar-refractivity contribution < 1.29 is 4.74 Å². The van der Waals surface area contributed by atoms with Gasteiger partial charge in [-0.05, 0) is 12.5 Å². The highest BCUT2D eigenvalue weighted by atomic mass is 16.5. The van der Waals surface area contributed by atoms with E-state index in [0.29, 0.717) is 18.4 Å². The fourth-order valence-electron chi connectivity index (χ4n) is 1.41. The molecule has 2 rings (SSSR count). The van der Waals surface area contributed by atoms with Crippen LogP contribution in [-0.2, 0) is 6.54 Å². The number of methoxy groups -OCH3 is 1. The van der Waals surface area contributed by atoms with Crippen molar-refractivity contribution in [2.45, 2.75) is 13.5 Å². The third-order valence-electron chi connectivity index (χ3n) is 2.23. The van der Waals surface area contributed by atoms with E-state index in [-0.39, 0.29) is 0 Å². The molecule has 0 aliphatic carbocycles. The molecule has 0 aromatic carbocycles. The first-order chi connectivity index (χ1) is 8.28. The van der Waals surface area contributed by atoms with E-state index >= 15 is 0 Å². The minimum absolute atomic E-state index is 0.553. The van der Waals surface area contributed by atoms with Crippen LogP contribution < -0.4 is 10.1 Å². The summed E-state index contributed by atoms with van der Waals surface area (Å²) in [5.41, 5.74) is 1.16. The Kier molecular flexibility index (Phi) is 3.54. The van der Waals surface area contributed by atoms with Crippen molar-refractivity contribution >= 4 is 5.95 Å². The molecule has 2 aromatic heterocycles. The quantitative estimate of drug-likeness (QED) is 0.837. The molecule has 6 nitrogen and oxygen atoms in total. The molecule has 0 atom stereocenters. The summed E-state index contributed by atoms with van der Waals surface area (Å²) < 4.78 is 6.89. The number of rotatable bonds is 5. The Balaban J connectivity index is 1.85. The predicted molar refractivity (Wildman–Crippen MR) is 64.0 cm³/mol. The summed E-state index contributed by atoms with van der Waals surface area (Å²) in [4.78, 5) is 8.25. The molecule has 0 unspecified atom stereocenters. The van der Waals surface area contributed by atoms with E-state index in [1.54, 1.807) is 19.4 Å². The summed E-state index contributed by atoms with van der Waals surface area (Å²) in [6.45, 7) is 3.50. The lowest BCUT2D eigenvalue weighted by atomic mass is 10.4. The summed E-state index contributed by atoms with van der Waals surface area (Å²) >= 11 is 0. The van der Waals surface area contributed by atoms with Gasteiger partial charge < -0.3 is 10.1 Å². The molecule has 0 aliphatic rings. The van der Waals surface area contributed by atoms with Gasteiger partial charge in [0.2, 0.25) is 11.8 Å². The fraction of sp³-hybridized carbons (Fsp3) is 0.364. The maximum Gasteiger partial charge on any atom is 0.226 e. The van der Waals surface area contributed by atoms with Crippen molar-refractivity contribution in [3.63, 3.8) is 0 Å². The summed E-state index contributed by atoms with van der Waals surface area (Å²) in [6.07, 6.45) is 5.49. The van der Waals surface area contributed by atoms with Crippen molar-refractivity contribution in [3.8, 4) is 5.88 Å². The second kappa shape index (κ2) is 5.29. The Hall–Kier alpha value is -2.11. The number of aromatic nitrogens is 4. The van der Waals surface area contributed by atoms with Gasteiger partial charge >= 0.3 is 0 Å². The summed E-state index contributed by atoms with van der Waals surface area (Å²) in [5.74, 6) is 1.12. The van der Waals surface area contributed by atoms with Gasteiger partial charge in [0.1, 0.15) is 0 Å². The molecule has 0 aliphatic heterocycles. The van der Waals surface area contributed by atoms with Gasteiger partial charge in [0.15, 0.2) is 0 Å². The van der Waals surface area contributed by atoms with Crippen LogP contribution in [0.1, 0.15) is 5.56 Å². The Morgan fingerprint density at radius 2 is 2.35 bits per heavy atom. The lowest BCUT2D eigenvalue weighted by molar-refractivity contribution is 0.397. The second-order valence-electron chi connectivity index (χ2n) is 3.63. The highest BCUT2D eigenvalue weighted by Crippen LogP contribution is 2.06. The van der Waals surface area contributed by atoms with E-state index in [2.05, 4.69) is 20.4 Å². The summed E-state index contributed by atoms with van der Waals surface area (Å²) in [7, 11) is 1.58. The molecule has 0 bridgehead atoms. The number of nitrogens with zero attached hydrogens (tertiary/aromatic N) is 4. The molecular formula is C11H15N5O. The van der Waals surface area contributed by atoms with Gasteiger partial charge in [-0.2, -0.15) is 10.1 Å². The molecule has 2 aromatic rings. The molecule has 0 saturated carbocycles. The van der Waals surface area contributed by atoms with E-state index < -0.39 is 0 Å². The topological polar surface area (TPSA) is 64.9 Å². The Morgan fingerprint density at radius 1 is 1.47 bits per heavy atom. The molecule has 90 valence electrons. The Labute approximate surface area is 99.7 Å². The van der Waals surface area contributed by atoms with Gasteiger partial charge in [0, 0.05) is 25.0 Å². The highest BCUT2D eigenvalue weighted by Gasteiger charge is 1.98. The maximum atomic E-state index is 5.01. The van der Waals surface area contributed by atoms with Crippen LogP contribution in [0.25, 0.3) is 0 Å². The zero-order valence-electron chi connectivity index (χ0n) is 9.92.